The molecule has 0 saturated carbocycles. The van der Waals surface area contributed by atoms with E-state index in [2.05, 4.69) is 31.2 Å². The molecule has 1 heterocycles. The highest BCUT2D eigenvalue weighted by Crippen LogP contribution is 2.22. The second-order valence-electron chi connectivity index (χ2n) is 7.44. The first-order valence-corrected chi connectivity index (χ1v) is 9.85. The number of amides is 2. The second kappa shape index (κ2) is 9.00. The monoisotopic (exact) mass is 382 g/mol. The SMILES string of the molecule is CCc1ccc(CN(C)C(=O)C2CCN(C(=O)c3ccc(F)cc3)CC2)cc1. The summed E-state index contributed by atoms with van der Waals surface area (Å²) in [5.41, 5.74) is 2.90. The smallest absolute Gasteiger partial charge is 0.253 e. The van der Waals surface area contributed by atoms with E-state index in [4.69, 9.17) is 0 Å². The lowest BCUT2D eigenvalue weighted by atomic mass is 9.94. The van der Waals surface area contributed by atoms with Crippen molar-refractivity contribution >= 4 is 11.8 Å². The van der Waals surface area contributed by atoms with Gasteiger partial charge in [-0.3, -0.25) is 9.59 Å². The number of carbonyl (C=O) groups excluding carboxylic acids is 2. The molecule has 0 spiro atoms. The molecule has 1 fully saturated rings. The molecule has 2 aromatic carbocycles. The lowest BCUT2D eigenvalue weighted by Crippen LogP contribution is -2.43. The van der Waals surface area contributed by atoms with Crippen molar-refractivity contribution < 1.29 is 14.0 Å². The molecule has 0 aromatic heterocycles. The number of aryl methyl sites for hydroxylation is 1. The predicted octanol–water partition coefficient (Wildman–Crippen LogP) is 3.90. The fraction of sp³-hybridized carbons (Fsp3) is 0.391. The van der Waals surface area contributed by atoms with Crippen LogP contribution in [0.2, 0.25) is 0 Å². The number of likely N-dealkylation sites (tertiary alicyclic amines) is 1. The summed E-state index contributed by atoms with van der Waals surface area (Å²) < 4.78 is 13.0. The summed E-state index contributed by atoms with van der Waals surface area (Å²) >= 11 is 0. The molecule has 0 radical (unpaired) electrons. The fourth-order valence-corrected chi connectivity index (χ4v) is 3.65. The average molecular weight is 382 g/mol. The molecule has 5 heteroatoms. The number of rotatable bonds is 5. The van der Waals surface area contributed by atoms with Gasteiger partial charge in [-0.05, 0) is 54.7 Å². The minimum absolute atomic E-state index is 0.0582. The van der Waals surface area contributed by atoms with Gasteiger partial charge < -0.3 is 9.80 Å². The molecular weight excluding hydrogens is 355 g/mol. The average Bonchev–Trinajstić information content (AvgIpc) is 2.74. The first-order chi connectivity index (χ1) is 13.5. The highest BCUT2D eigenvalue weighted by Gasteiger charge is 2.29. The standard InChI is InChI=1S/C23H27FN2O2/c1-3-17-4-6-18(7-5-17)16-25(2)22(27)20-12-14-26(15-13-20)23(28)19-8-10-21(24)11-9-19/h4-11,20H,3,12-16H2,1-2H3. The molecule has 1 saturated heterocycles. The van der Waals surface area contributed by atoms with E-state index >= 15 is 0 Å². The van der Waals surface area contributed by atoms with Gasteiger partial charge in [-0.2, -0.15) is 0 Å². The molecule has 2 amide bonds. The molecule has 0 N–H and O–H groups in total. The van der Waals surface area contributed by atoms with Crippen LogP contribution < -0.4 is 0 Å². The van der Waals surface area contributed by atoms with Gasteiger partial charge >= 0.3 is 0 Å². The number of piperidine rings is 1. The number of halogens is 1. The Morgan fingerprint density at radius 3 is 2.14 bits per heavy atom. The van der Waals surface area contributed by atoms with Crippen LogP contribution in [0.5, 0.6) is 0 Å². The minimum atomic E-state index is -0.353. The Balaban J connectivity index is 1.52. The summed E-state index contributed by atoms with van der Waals surface area (Å²) in [6, 6.07) is 14.0. The third-order valence-corrected chi connectivity index (χ3v) is 5.45. The van der Waals surface area contributed by atoms with Crippen LogP contribution in [-0.4, -0.2) is 41.8 Å². The molecule has 1 aliphatic heterocycles. The Labute approximate surface area is 166 Å². The van der Waals surface area contributed by atoms with Crippen LogP contribution in [0.15, 0.2) is 48.5 Å². The zero-order valence-electron chi connectivity index (χ0n) is 16.5. The summed E-state index contributed by atoms with van der Waals surface area (Å²) in [5, 5.41) is 0. The molecule has 0 bridgehead atoms. The quantitative estimate of drug-likeness (QED) is 0.787. The third kappa shape index (κ3) is 4.77. The summed E-state index contributed by atoms with van der Waals surface area (Å²) in [6.07, 6.45) is 2.32. The first-order valence-electron chi connectivity index (χ1n) is 9.85. The van der Waals surface area contributed by atoms with Crippen molar-refractivity contribution in [2.24, 2.45) is 5.92 Å². The Morgan fingerprint density at radius 1 is 1.00 bits per heavy atom. The maximum absolute atomic E-state index is 13.0. The van der Waals surface area contributed by atoms with E-state index < -0.39 is 0 Å². The lowest BCUT2D eigenvalue weighted by Gasteiger charge is -2.33. The number of carbonyl (C=O) groups is 2. The summed E-state index contributed by atoms with van der Waals surface area (Å²) in [4.78, 5) is 28.8. The number of nitrogens with zero attached hydrogens (tertiary/aromatic N) is 2. The first kappa shape index (κ1) is 20.1. The van der Waals surface area contributed by atoms with Gasteiger partial charge in [0, 0.05) is 38.2 Å². The van der Waals surface area contributed by atoms with E-state index in [1.165, 1.54) is 29.8 Å². The number of hydrogen-bond donors (Lipinski definition) is 0. The maximum Gasteiger partial charge on any atom is 0.253 e. The normalized spacial score (nSPS) is 14.8. The number of benzene rings is 2. The molecule has 1 aliphatic rings. The van der Waals surface area contributed by atoms with E-state index in [0.29, 0.717) is 38.0 Å². The highest BCUT2D eigenvalue weighted by molar-refractivity contribution is 5.94. The fourth-order valence-electron chi connectivity index (χ4n) is 3.65. The van der Waals surface area contributed by atoms with E-state index in [1.54, 1.807) is 9.80 Å². The largest absolute Gasteiger partial charge is 0.341 e. The van der Waals surface area contributed by atoms with Gasteiger partial charge in [-0.25, -0.2) is 4.39 Å². The van der Waals surface area contributed by atoms with Gasteiger partial charge in [0.25, 0.3) is 5.91 Å². The van der Waals surface area contributed by atoms with Gasteiger partial charge in [0.15, 0.2) is 0 Å². The number of hydrogen-bond acceptors (Lipinski definition) is 2. The molecule has 4 nitrogen and oxygen atoms in total. The second-order valence-corrected chi connectivity index (χ2v) is 7.44. The van der Waals surface area contributed by atoms with Gasteiger partial charge in [0.2, 0.25) is 5.91 Å². The van der Waals surface area contributed by atoms with E-state index in [9.17, 15) is 14.0 Å². The summed E-state index contributed by atoms with van der Waals surface area (Å²) in [7, 11) is 1.84. The van der Waals surface area contributed by atoms with Crippen molar-refractivity contribution in [2.45, 2.75) is 32.7 Å². The van der Waals surface area contributed by atoms with Crippen LogP contribution in [0.3, 0.4) is 0 Å². The molecule has 2 aromatic rings. The molecule has 0 atom stereocenters. The Kier molecular flexibility index (Phi) is 6.45. The van der Waals surface area contributed by atoms with Crippen LogP contribution in [0.4, 0.5) is 4.39 Å². The highest BCUT2D eigenvalue weighted by atomic mass is 19.1. The molecular formula is C23H27FN2O2. The maximum atomic E-state index is 13.0. The van der Waals surface area contributed by atoms with Crippen LogP contribution in [0, 0.1) is 11.7 Å². The third-order valence-electron chi connectivity index (χ3n) is 5.45. The van der Waals surface area contributed by atoms with Crippen molar-refractivity contribution in [3.8, 4) is 0 Å². The zero-order valence-corrected chi connectivity index (χ0v) is 16.5. The van der Waals surface area contributed by atoms with Crippen molar-refractivity contribution in [3.05, 3.63) is 71.0 Å². The molecule has 28 heavy (non-hydrogen) atoms. The molecule has 0 unspecified atom stereocenters. The van der Waals surface area contributed by atoms with Crippen molar-refractivity contribution in [1.29, 1.82) is 0 Å². The van der Waals surface area contributed by atoms with Gasteiger partial charge in [0.1, 0.15) is 5.82 Å². The predicted molar refractivity (Wildman–Crippen MR) is 107 cm³/mol. The van der Waals surface area contributed by atoms with E-state index in [0.717, 1.165) is 12.0 Å². The topological polar surface area (TPSA) is 40.6 Å². The van der Waals surface area contributed by atoms with Gasteiger partial charge in [-0.1, -0.05) is 31.2 Å². The van der Waals surface area contributed by atoms with Crippen LogP contribution in [0.25, 0.3) is 0 Å². The van der Waals surface area contributed by atoms with Crippen molar-refractivity contribution in [1.82, 2.24) is 9.80 Å². The molecule has 3 rings (SSSR count). The Hall–Kier alpha value is -2.69. The molecule has 0 aliphatic carbocycles. The molecule has 148 valence electrons. The van der Waals surface area contributed by atoms with Crippen molar-refractivity contribution in [3.63, 3.8) is 0 Å². The van der Waals surface area contributed by atoms with E-state index in [1.807, 2.05) is 7.05 Å². The van der Waals surface area contributed by atoms with Crippen LogP contribution in [-0.2, 0) is 17.8 Å². The van der Waals surface area contributed by atoms with Crippen LogP contribution >= 0.6 is 0 Å². The van der Waals surface area contributed by atoms with Crippen LogP contribution in [0.1, 0.15) is 41.3 Å². The lowest BCUT2D eigenvalue weighted by molar-refractivity contribution is -0.136. The van der Waals surface area contributed by atoms with Gasteiger partial charge in [0.05, 0.1) is 0 Å². The summed E-state index contributed by atoms with van der Waals surface area (Å²) in [6.45, 7) is 3.81. The Morgan fingerprint density at radius 2 is 1.57 bits per heavy atom. The zero-order chi connectivity index (χ0) is 20.1. The van der Waals surface area contributed by atoms with E-state index in [-0.39, 0.29) is 23.5 Å². The van der Waals surface area contributed by atoms with Gasteiger partial charge in [-0.15, -0.1) is 0 Å². The Bertz CT molecular complexity index is 810. The van der Waals surface area contributed by atoms with Crippen molar-refractivity contribution in [2.75, 3.05) is 20.1 Å². The minimum Gasteiger partial charge on any atom is -0.341 e. The summed E-state index contributed by atoms with van der Waals surface area (Å²) in [5.74, 6) is -0.380.